The first-order valence-corrected chi connectivity index (χ1v) is 6.88. The summed E-state index contributed by atoms with van der Waals surface area (Å²) in [5.74, 6) is 0.837. The summed E-state index contributed by atoms with van der Waals surface area (Å²) in [6, 6.07) is 5.90. The number of nitrogens with zero attached hydrogens (tertiary/aromatic N) is 1. The maximum Gasteiger partial charge on any atom is 0.189 e. The van der Waals surface area contributed by atoms with Crippen molar-refractivity contribution in [1.82, 2.24) is 5.32 Å². The number of nitrogens with two attached hydrogens (primary N) is 1. The summed E-state index contributed by atoms with van der Waals surface area (Å²) in [6.07, 6.45) is 1.00. The van der Waals surface area contributed by atoms with Gasteiger partial charge in [0.2, 0.25) is 0 Å². The standard InChI is InChI=1S/C14H17Cl2N3.HI/c1-8(2)7-18-14(17)19-13-6-11(13)10-4-3-9(15)5-12(10)16;/h3-5,11,13H,1,6-7H2,2H3,(H3,17,18,19);1H/t11-,13+;/m0./s1. The van der Waals surface area contributed by atoms with Gasteiger partial charge in [-0.3, -0.25) is 0 Å². The molecule has 1 aromatic rings. The van der Waals surface area contributed by atoms with E-state index in [-0.39, 0.29) is 24.0 Å². The molecule has 0 saturated heterocycles. The molecule has 2 rings (SSSR count). The summed E-state index contributed by atoms with van der Waals surface area (Å²) in [5, 5.41) is 4.56. The molecule has 1 fully saturated rings. The van der Waals surface area contributed by atoms with Crippen LogP contribution in [0.4, 0.5) is 0 Å². The molecule has 1 aliphatic rings. The van der Waals surface area contributed by atoms with Crippen molar-refractivity contribution in [3.05, 3.63) is 46.0 Å². The van der Waals surface area contributed by atoms with Gasteiger partial charge in [-0.15, -0.1) is 24.0 Å². The van der Waals surface area contributed by atoms with E-state index in [9.17, 15) is 0 Å². The third-order valence-corrected chi connectivity index (χ3v) is 3.57. The fourth-order valence-corrected chi connectivity index (χ4v) is 2.50. The van der Waals surface area contributed by atoms with Crippen LogP contribution >= 0.6 is 47.2 Å². The average molecular weight is 426 g/mol. The fourth-order valence-electron chi connectivity index (χ4n) is 1.96. The smallest absolute Gasteiger partial charge is 0.189 e. The van der Waals surface area contributed by atoms with Crippen LogP contribution in [-0.2, 0) is 0 Å². The van der Waals surface area contributed by atoms with Gasteiger partial charge in [0, 0.05) is 22.0 Å². The number of rotatable bonds is 4. The lowest BCUT2D eigenvalue weighted by molar-refractivity contribution is 0.852. The third-order valence-electron chi connectivity index (χ3n) is 3.01. The van der Waals surface area contributed by atoms with E-state index < -0.39 is 0 Å². The van der Waals surface area contributed by atoms with Gasteiger partial charge in [0.1, 0.15) is 0 Å². The van der Waals surface area contributed by atoms with E-state index in [4.69, 9.17) is 28.9 Å². The van der Waals surface area contributed by atoms with Crippen LogP contribution in [0, 0.1) is 0 Å². The molecule has 0 aromatic heterocycles. The summed E-state index contributed by atoms with van der Waals surface area (Å²) in [7, 11) is 0. The Bertz CT molecular complexity index is 531. The summed E-state index contributed by atoms with van der Waals surface area (Å²) >= 11 is 12.1. The number of nitrogens with one attached hydrogen (secondary N) is 1. The van der Waals surface area contributed by atoms with Crippen LogP contribution in [0.1, 0.15) is 24.8 Å². The minimum atomic E-state index is 0. The molecule has 0 radical (unpaired) electrons. The molecule has 1 aliphatic carbocycles. The predicted molar refractivity (Wildman–Crippen MR) is 97.5 cm³/mol. The summed E-state index contributed by atoms with van der Waals surface area (Å²) < 4.78 is 0. The van der Waals surface area contributed by atoms with E-state index in [0.29, 0.717) is 34.5 Å². The molecule has 3 N–H and O–H groups in total. The highest BCUT2D eigenvalue weighted by Crippen LogP contribution is 2.44. The molecule has 0 spiro atoms. The molecule has 1 saturated carbocycles. The monoisotopic (exact) mass is 425 g/mol. The number of aliphatic imine (C=N–C) groups is 1. The molecule has 1 aromatic carbocycles. The second-order valence-corrected chi connectivity index (χ2v) is 5.76. The van der Waals surface area contributed by atoms with Crippen LogP contribution in [0.2, 0.25) is 10.0 Å². The van der Waals surface area contributed by atoms with Crippen LogP contribution in [0.3, 0.4) is 0 Å². The summed E-state index contributed by atoms with van der Waals surface area (Å²) in [6.45, 7) is 6.26. The van der Waals surface area contributed by atoms with Crippen LogP contribution < -0.4 is 11.1 Å². The van der Waals surface area contributed by atoms with E-state index in [2.05, 4.69) is 16.9 Å². The number of guanidine groups is 1. The zero-order valence-corrected chi connectivity index (χ0v) is 15.0. The first-order valence-electron chi connectivity index (χ1n) is 6.13. The second-order valence-electron chi connectivity index (χ2n) is 4.92. The number of hydrogen-bond donors (Lipinski definition) is 2. The Kier molecular flexibility index (Phi) is 6.61. The van der Waals surface area contributed by atoms with Crippen molar-refractivity contribution in [3.8, 4) is 0 Å². The quantitative estimate of drug-likeness (QED) is 0.332. The largest absolute Gasteiger partial charge is 0.370 e. The Morgan fingerprint density at radius 3 is 2.80 bits per heavy atom. The van der Waals surface area contributed by atoms with Crippen molar-refractivity contribution in [2.24, 2.45) is 10.7 Å². The van der Waals surface area contributed by atoms with Crippen molar-refractivity contribution >= 4 is 53.1 Å². The van der Waals surface area contributed by atoms with Gasteiger partial charge in [-0.25, -0.2) is 4.99 Å². The van der Waals surface area contributed by atoms with E-state index in [1.807, 2.05) is 19.1 Å². The zero-order chi connectivity index (χ0) is 14.0. The normalized spacial score (nSPS) is 21.1. The highest BCUT2D eigenvalue weighted by Gasteiger charge is 2.39. The maximum absolute atomic E-state index is 6.18. The van der Waals surface area contributed by atoms with Crippen LogP contribution in [0.25, 0.3) is 0 Å². The fraction of sp³-hybridized carbons (Fsp3) is 0.357. The predicted octanol–water partition coefficient (Wildman–Crippen LogP) is 3.95. The van der Waals surface area contributed by atoms with Crippen molar-refractivity contribution in [2.75, 3.05) is 6.54 Å². The Morgan fingerprint density at radius 1 is 1.50 bits per heavy atom. The molecule has 0 unspecified atom stereocenters. The van der Waals surface area contributed by atoms with E-state index in [1.165, 1.54) is 0 Å². The lowest BCUT2D eigenvalue weighted by Gasteiger charge is -2.07. The van der Waals surface area contributed by atoms with Crippen LogP contribution in [-0.4, -0.2) is 18.5 Å². The van der Waals surface area contributed by atoms with Crippen LogP contribution in [0.15, 0.2) is 35.3 Å². The third kappa shape index (κ3) is 4.82. The van der Waals surface area contributed by atoms with Gasteiger partial charge in [-0.1, -0.05) is 41.4 Å². The molecule has 0 heterocycles. The minimum absolute atomic E-state index is 0. The van der Waals surface area contributed by atoms with Crippen molar-refractivity contribution in [3.63, 3.8) is 0 Å². The molecule has 0 aliphatic heterocycles. The van der Waals surface area contributed by atoms with Crippen molar-refractivity contribution in [1.29, 1.82) is 0 Å². The molecular weight excluding hydrogens is 408 g/mol. The van der Waals surface area contributed by atoms with Gasteiger partial charge in [0.25, 0.3) is 0 Å². The summed E-state index contributed by atoms with van der Waals surface area (Å²) in [4.78, 5) is 4.20. The Labute approximate surface area is 146 Å². The van der Waals surface area contributed by atoms with Gasteiger partial charge < -0.3 is 11.1 Å². The molecular formula is C14H18Cl2IN3. The number of halogens is 3. The van der Waals surface area contributed by atoms with E-state index in [1.54, 1.807) is 6.07 Å². The SMILES string of the molecule is C=C(C)CN=C(N)N[C@@H]1C[C@H]1c1ccc(Cl)cc1Cl.I. The molecule has 0 bridgehead atoms. The van der Waals surface area contributed by atoms with Gasteiger partial charge in [0.05, 0.1) is 6.54 Å². The second kappa shape index (κ2) is 7.52. The number of hydrogen-bond acceptors (Lipinski definition) is 1. The van der Waals surface area contributed by atoms with Gasteiger partial charge in [-0.05, 0) is 31.0 Å². The zero-order valence-electron chi connectivity index (χ0n) is 11.2. The van der Waals surface area contributed by atoms with Gasteiger partial charge in [0.15, 0.2) is 5.96 Å². The van der Waals surface area contributed by atoms with Crippen molar-refractivity contribution < 1.29 is 0 Å². The van der Waals surface area contributed by atoms with Crippen LogP contribution in [0.5, 0.6) is 0 Å². The lowest BCUT2D eigenvalue weighted by Crippen LogP contribution is -2.34. The highest BCUT2D eigenvalue weighted by molar-refractivity contribution is 14.0. The van der Waals surface area contributed by atoms with Gasteiger partial charge in [-0.2, -0.15) is 0 Å². The summed E-state index contributed by atoms with van der Waals surface area (Å²) in [5.41, 5.74) is 7.90. The topological polar surface area (TPSA) is 50.4 Å². The number of benzene rings is 1. The Balaban J connectivity index is 0.00000200. The Hall–Kier alpha value is -0.460. The average Bonchev–Trinajstić information content (AvgIpc) is 3.05. The molecule has 2 atom stereocenters. The molecule has 110 valence electrons. The molecule has 0 amide bonds. The molecule has 20 heavy (non-hydrogen) atoms. The Morgan fingerprint density at radius 2 is 2.20 bits per heavy atom. The minimum Gasteiger partial charge on any atom is -0.370 e. The maximum atomic E-state index is 6.18. The van der Waals surface area contributed by atoms with E-state index in [0.717, 1.165) is 17.6 Å². The van der Waals surface area contributed by atoms with Crippen molar-refractivity contribution in [2.45, 2.75) is 25.3 Å². The molecule has 6 heteroatoms. The first kappa shape index (κ1) is 17.6. The van der Waals surface area contributed by atoms with E-state index >= 15 is 0 Å². The lowest BCUT2D eigenvalue weighted by atomic mass is 10.1. The molecule has 3 nitrogen and oxygen atoms in total. The highest BCUT2D eigenvalue weighted by atomic mass is 127. The van der Waals surface area contributed by atoms with Gasteiger partial charge >= 0.3 is 0 Å². The first-order chi connectivity index (χ1) is 8.97.